The minimum Gasteiger partial charge on any atom is -0.383 e. The van der Waals surface area contributed by atoms with Crippen molar-refractivity contribution in [3.63, 3.8) is 0 Å². The third kappa shape index (κ3) is 3.44. The average Bonchev–Trinajstić information content (AvgIpc) is 2.86. The van der Waals surface area contributed by atoms with Crippen LogP contribution in [0.5, 0.6) is 0 Å². The molecule has 1 atom stereocenters. The lowest BCUT2D eigenvalue weighted by Gasteiger charge is -2.17. The van der Waals surface area contributed by atoms with Crippen LogP contribution >= 0.6 is 11.3 Å². The summed E-state index contributed by atoms with van der Waals surface area (Å²) in [7, 11) is 0. The first-order valence-corrected chi connectivity index (χ1v) is 7.22. The molecule has 0 aromatic carbocycles. The summed E-state index contributed by atoms with van der Waals surface area (Å²) in [5.74, 6) is 0. The lowest BCUT2D eigenvalue weighted by molar-refractivity contribution is -0.139. The van der Waals surface area contributed by atoms with Gasteiger partial charge in [0.2, 0.25) is 0 Å². The lowest BCUT2D eigenvalue weighted by atomic mass is 9.95. The highest BCUT2D eigenvalue weighted by Gasteiger charge is 2.35. The average molecular weight is 315 g/mol. The maximum absolute atomic E-state index is 13.0. The van der Waals surface area contributed by atoms with E-state index in [1.807, 2.05) is 26.8 Å². The molecule has 1 unspecified atom stereocenters. The fourth-order valence-electron chi connectivity index (χ4n) is 1.94. The third-order valence-corrected chi connectivity index (χ3v) is 4.65. The largest absolute Gasteiger partial charge is 0.416 e. The third-order valence-electron chi connectivity index (χ3n) is 3.09. The van der Waals surface area contributed by atoms with Gasteiger partial charge < -0.3 is 5.11 Å². The van der Waals surface area contributed by atoms with Crippen LogP contribution in [0.2, 0.25) is 0 Å². The number of aliphatic hydroxyl groups is 1. The molecular weight excluding hydrogens is 299 g/mol. The van der Waals surface area contributed by atoms with Crippen LogP contribution in [0.15, 0.2) is 30.6 Å². The number of alkyl halides is 3. The van der Waals surface area contributed by atoms with Gasteiger partial charge in [-0.05, 0) is 23.6 Å². The zero-order valence-electron chi connectivity index (χ0n) is 11.9. The van der Waals surface area contributed by atoms with E-state index < -0.39 is 17.8 Å². The molecule has 0 radical (unpaired) electrons. The van der Waals surface area contributed by atoms with Gasteiger partial charge in [-0.1, -0.05) is 20.8 Å². The van der Waals surface area contributed by atoms with Crippen molar-refractivity contribution in [1.82, 2.24) is 4.98 Å². The molecule has 114 valence electrons. The van der Waals surface area contributed by atoms with E-state index in [1.54, 1.807) is 6.07 Å². The van der Waals surface area contributed by atoms with Gasteiger partial charge in [0, 0.05) is 27.7 Å². The van der Waals surface area contributed by atoms with Crippen molar-refractivity contribution in [2.75, 3.05) is 0 Å². The van der Waals surface area contributed by atoms with Gasteiger partial charge in [0.05, 0.1) is 5.56 Å². The van der Waals surface area contributed by atoms with Crippen molar-refractivity contribution < 1.29 is 18.3 Å². The zero-order chi connectivity index (χ0) is 15.8. The number of pyridine rings is 1. The molecule has 21 heavy (non-hydrogen) atoms. The Hall–Kier alpha value is -1.40. The molecule has 0 aliphatic carbocycles. The number of rotatable bonds is 2. The molecule has 0 spiro atoms. The summed E-state index contributed by atoms with van der Waals surface area (Å²) in [5.41, 5.74) is -1.17. The van der Waals surface area contributed by atoms with E-state index in [4.69, 9.17) is 0 Å². The van der Waals surface area contributed by atoms with Crippen LogP contribution in [0.4, 0.5) is 13.2 Å². The molecule has 1 N–H and O–H groups in total. The van der Waals surface area contributed by atoms with E-state index in [1.165, 1.54) is 11.3 Å². The molecule has 6 heteroatoms. The van der Waals surface area contributed by atoms with E-state index in [2.05, 4.69) is 4.98 Å². The van der Waals surface area contributed by atoms with E-state index in [0.717, 1.165) is 23.3 Å². The van der Waals surface area contributed by atoms with Crippen molar-refractivity contribution >= 4 is 11.3 Å². The molecule has 2 rings (SSSR count). The summed E-state index contributed by atoms with van der Waals surface area (Å²) in [6, 6.07) is 4.40. The monoisotopic (exact) mass is 315 g/mol. The number of aliphatic hydroxyl groups excluding tert-OH is 1. The van der Waals surface area contributed by atoms with Crippen LogP contribution in [-0.2, 0) is 11.6 Å². The highest BCUT2D eigenvalue weighted by atomic mass is 32.1. The van der Waals surface area contributed by atoms with E-state index in [9.17, 15) is 18.3 Å². The highest BCUT2D eigenvalue weighted by Crippen LogP contribution is 2.39. The van der Waals surface area contributed by atoms with Crippen LogP contribution in [0.25, 0.3) is 0 Å². The molecular formula is C15H16F3NOS. The van der Waals surface area contributed by atoms with Gasteiger partial charge in [-0.3, -0.25) is 4.98 Å². The van der Waals surface area contributed by atoms with Crippen molar-refractivity contribution in [3.8, 4) is 0 Å². The van der Waals surface area contributed by atoms with Crippen molar-refractivity contribution in [1.29, 1.82) is 0 Å². The second-order valence-electron chi connectivity index (χ2n) is 5.82. The quantitative estimate of drug-likeness (QED) is 0.882. The number of hydrogen-bond donors (Lipinski definition) is 1. The van der Waals surface area contributed by atoms with E-state index in [0.29, 0.717) is 4.88 Å². The zero-order valence-corrected chi connectivity index (χ0v) is 12.7. The summed E-state index contributed by atoms with van der Waals surface area (Å²) < 4.78 is 39.0. The molecule has 0 saturated carbocycles. The first-order valence-electron chi connectivity index (χ1n) is 6.40. The van der Waals surface area contributed by atoms with Crippen molar-refractivity contribution in [2.24, 2.45) is 0 Å². The van der Waals surface area contributed by atoms with Gasteiger partial charge in [0.25, 0.3) is 0 Å². The van der Waals surface area contributed by atoms with Crippen LogP contribution in [0.1, 0.15) is 47.8 Å². The number of halogens is 3. The van der Waals surface area contributed by atoms with Gasteiger partial charge >= 0.3 is 6.18 Å². The second-order valence-corrected chi connectivity index (χ2v) is 6.93. The number of nitrogens with zero attached hydrogens (tertiary/aromatic N) is 1. The maximum Gasteiger partial charge on any atom is 0.416 e. The Labute approximate surface area is 125 Å². The van der Waals surface area contributed by atoms with Crippen LogP contribution in [-0.4, -0.2) is 10.1 Å². The summed E-state index contributed by atoms with van der Waals surface area (Å²) in [4.78, 5) is 5.20. The molecule has 0 aliphatic heterocycles. The molecule has 2 aromatic rings. The summed E-state index contributed by atoms with van der Waals surface area (Å²) in [5, 5.41) is 10.3. The smallest absolute Gasteiger partial charge is 0.383 e. The summed E-state index contributed by atoms with van der Waals surface area (Å²) in [6.45, 7) is 6.04. The Bertz CT molecular complexity index is 628. The molecule has 0 aliphatic rings. The molecule has 2 heterocycles. The van der Waals surface area contributed by atoms with Crippen LogP contribution in [0, 0.1) is 0 Å². The SMILES string of the molecule is CC(C)(C)c1ccc(C(O)c2cnccc2C(F)(F)F)s1. The van der Waals surface area contributed by atoms with Crippen molar-refractivity contribution in [2.45, 2.75) is 38.5 Å². The van der Waals surface area contributed by atoms with Gasteiger partial charge in [0.15, 0.2) is 0 Å². The van der Waals surface area contributed by atoms with Crippen LogP contribution in [0.3, 0.4) is 0 Å². The first kappa shape index (κ1) is 16.0. The Morgan fingerprint density at radius 2 is 1.81 bits per heavy atom. The maximum atomic E-state index is 13.0. The molecule has 0 amide bonds. The molecule has 0 bridgehead atoms. The predicted molar refractivity (Wildman–Crippen MR) is 76.3 cm³/mol. The normalized spacial score (nSPS) is 14.2. The fourth-order valence-corrected chi connectivity index (χ4v) is 3.01. The predicted octanol–water partition coefficient (Wildman–Crippen LogP) is 4.54. The second kappa shape index (κ2) is 5.42. The highest BCUT2D eigenvalue weighted by molar-refractivity contribution is 7.12. The standard InChI is InChI=1S/C15H16F3NOS/c1-14(2,3)12-5-4-11(21-12)13(20)9-8-19-7-6-10(9)15(16,17)18/h4-8,13,20H,1-3H3. The van der Waals surface area contributed by atoms with Crippen LogP contribution < -0.4 is 0 Å². The van der Waals surface area contributed by atoms with Crippen molar-refractivity contribution in [3.05, 3.63) is 51.5 Å². The van der Waals surface area contributed by atoms with E-state index >= 15 is 0 Å². The lowest BCUT2D eigenvalue weighted by Crippen LogP contribution is -2.12. The Morgan fingerprint density at radius 3 is 2.33 bits per heavy atom. The Morgan fingerprint density at radius 1 is 1.14 bits per heavy atom. The van der Waals surface area contributed by atoms with Gasteiger partial charge in [-0.25, -0.2) is 0 Å². The molecule has 2 nitrogen and oxygen atoms in total. The Balaban J connectivity index is 2.42. The van der Waals surface area contributed by atoms with E-state index in [-0.39, 0.29) is 11.0 Å². The van der Waals surface area contributed by atoms with Gasteiger partial charge in [-0.2, -0.15) is 13.2 Å². The molecule has 2 aromatic heterocycles. The fraction of sp³-hybridized carbons (Fsp3) is 0.400. The number of hydrogen-bond acceptors (Lipinski definition) is 3. The minimum absolute atomic E-state index is 0.107. The molecule has 0 saturated heterocycles. The first-order chi connectivity index (χ1) is 9.60. The summed E-state index contributed by atoms with van der Waals surface area (Å²) in [6.07, 6.45) is -3.68. The summed E-state index contributed by atoms with van der Waals surface area (Å²) >= 11 is 1.32. The topological polar surface area (TPSA) is 33.1 Å². The number of thiophene rings is 1. The van der Waals surface area contributed by atoms with Gasteiger partial charge in [0.1, 0.15) is 6.10 Å². The number of aromatic nitrogens is 1. The van der Waals surface area contributed by atoms with Gasteiger partial charge in [-0.15, -0.1) is 11.3 Å². The Kier molecular flexibility index (Phi) is 4.13. The minimum atomic E-state index is -4.51. The molecule has 0 fully saturated rings.